The van der Waals surface area contributed by atoms with Crippen molar-refractivity contribution in [2.75, 3.05) is 5.75 Å². The van der Waals surface area contributed by atoms with Crippen LogP contribution < -0.4 is 0 Å². The maximum atomic E-state index is 12.2. The first-order valence-electron chi connectivity index (χ1n) is 4.03. The van der Waals surface area contributed by atoms with E-state index in [0.717, 1.165) is 11.8 Å². The van der Waals surface area contributed by atoms with Gasteiger partial charge in [-0.3, -0.25) is 4.98 Å². The molecule has 0 aliphatic heterocycles. The van der Waals surface area contributed by atoms with Gasteiger partial charge in [-0.1, -0.05) is 0 Å². The van der Waals surface area contributed by atoms with Crippen molar-refractivity contribution >= 4 is 11.8 Å². The van der Waals surface area contributed by atoms with Gasteiger partial charge in [0.2, 0.25) is 0 Å². The Morgan fingerprint density at radius 2 is 2.00 bits per heavy atom. The standard InChI is InChI=1S/C9H7F3N2S/c10-9(11,12)7(5-13)6-15-8-1-3-14-4-2-8/h1-4,7H,6H2. The number of alkyl halides is 3. The smallest absolute Gasteiger partial charge is 0.265 e. The molecule has 0 aliphatic rings. The number of thioether (sulfide) groups is 1. The second-order valence-electron chi connectivity index (χ2n) is 2.72. The minimum atomic E-state index is -4.45. The van der Waals surface area contributed by atoms with Crippen LogP contribution in [0.5, 0.6) is 0 Å². The van der Waals surface area contributed by atoms with Crippen LogP contribution in [-0.2, 0) is 0 Å². The Hall–Kier alpha value is -1.22. The molecule has 0 amide bonds. The van der Waals surface area contributed by atoms with Crippen LogP contribution in [0.1, 0.15) is 0 Å². The highest BCUT2D eigenvalue weighted by molar-refractivity contribution is 7.99. The molecule has 0 saturated heterocycles. The van der Waals surface area contributed by atoms with Crippen LogP contribution >= 0.6 is 11.8 Å². The van der Waals surface area contributed by atoms with E-state index in [1.165, 1.54) is 18.5 Å². The summed E-state index contributed by atoms with van der Waals surface area (Å²) >= 11 is 0.997. The van der Waals surface area contributed by atoms with E-state index in [1.54, 1.807) is 12.1 Å². The predicted molar refractivity (Wildman–Crippen MR) is 50.1 cm³/mol. The van der Waals surface area contributed by atoms with Crippen molar-refractivity contribution in [2.24, 2.45) is 5.92 Å². The highest BCUT2D eigenvalue weighted by Gasteiger charge is 2.39. The summed E-state index contributed by atoms with van der Waals surface area (Å²) in [5.41, 5.74) is 0. The lowest BCUT2D eigenvalue weighted by Gasteiger charge is -2.12. The van der Waals surface area contributed by atoms with Gasteiger partial charge in [0, 0.05) is 23.0 Å². The third-order valence-electron chi connectivity index (χ3n) is 1.62. The van der Waals surface area contributed by atoms with Crippen molar-refractivity contribution in [1.29, 1.82) is 5.26 Å². The van der Waals surface area contributed by atoms with Crippen molar-refractivity contribution in [1.82, 2.24) is 4.98 Å². The van der Waals surface area contributed by atoms with Gasteiger partial charge in [0.25, 0.3) is 0 Å². The third kappa shape index (κ3) is 3.80. The van der Waals surface area contributed by atoms with Gasteiger partial charge < -0.3 is 0 Å². The summed E-state index contributed by atoms with van der Waals surface area (Å²) in [7, 11) is 0. The van der Waals surface area contributed by atoms with Gasteiger partial charge in [0.15, 0.2) is 5.92 Å². The fraction of sp³-hybridized carbons (Fsp3) is 0.333. The number of halogens is 3. The summed E-state index contributed by atoms with van der Waals surface area (Å²) < 4.78 is 36.5. The Balaban J connectivity index is 2.54. The lowest BCUT2D eigenvalue weighted by atomic mass is 10.2. The molecule has 1 aromatic rings. The number of rotatable bonds is 3. The van der Waals surface area contributed by atoms with E-state index in [9.17, 15) is 13.2 Å². The summed E-state index contributed by atoms with van der Waals surface area (Å²) in [5.74, 6) is -2.21. The van der Waals surface area contributed by atoms with Gasteiger partial charge >= 0.3 is 6.18 Å². The SMILES string of the molecule is N#CC(CSc1ccncc1)C(F)(F)F. The maximum Gasteiger partial charge on any atom is 0.405 e. The lowest BCUT2D eigenvalue weighted by Crippen LogP contribution is -2.23. The maximum absolute atomic E-state index is 12.2. The quantitative estimate of drug-likeness (QED) is 0.752. The van der Waals surface area contributed by atoms with Gasteiger partial charge in [-0.05, 0) is 12.1 Å². The third-order valence-corrected chi connectivity index (χ3v) is 2.72. The van der Waals surface area contributed by atoms with Gasteiger partial charge in [0.05, 0.1) is 6.07 Å². The topological polar surface area (TPSA) is 36.7 Å². The van der Waals surface area contributed by atoms with E-state index >= 15 is 0 Å². The highest BCUT2D eigenvalue weighted by Crippen LogP contribution is 2.30. The zero-order valence-corrected chi connectivity index (χ0v) is 8.35. The first-order chi connectivity index (χ1) is 7.04. The minimum Gasteiger partial charge on any atom is -0.265 e. The molecule has 1 unspecified atom stereocenters. The molecule has 0 N–H and O–H groups in total. The average Bonchev–Trinajstić information content (AvgIpc) is 2.18. The second kappa shape index (κ2) is 5.03. The molecule has 0 radical (unpaired) electrons. The highest BCUT2D eigenvalue weighted by atomic mass is 32.2. The fourth-order valence-corrected chi connectivity index (χ4v) is 1.76. The van der Waals surface area contributed by atoms with Crippen molar-refractivity contribution < 1.29 is 13.2 Å². The van der Waals surface area contributed by atoms with Crippen molar-refractivity contribution in [3.05, 3.63) is 24.5 Å². The van der Waals surface area contributed by atoms with Gasteiger partial charge in [-0.15, -0.1) is 11.8 Å². The summed E-state index contributed by atoms with van der Waals surface area (Å²) in [4.78, 5) is 4.42. The average molecular weight is 232 g/mol. The minimum absolute atomic E-state index is 0.288. The molecule has 1 aromatic heterocycles. The Labute approximate surface area is 89.1 Å². The summed E-state index contributed by atoms with van der Waals surface area (Å²) in [6.45, 7) is 0. The van der Waals surface area contributed by atoms with Crippen LogP contribution in [0.3, 0.4) is 0 Å². The molecule has 15 heavy (non-hydrogen) atoms. The zero-order chi connectivity index (χ0) is 11.3. The Kier molecular flexibility index (Phi) is 3.97. The summed E-state index contributed by atoms with van der Waals surface area (Å²) in [6, 6.07) is 4.46. The van der Waals surface area contributed by atoms with Crippen molar-refractivity contribution in [3.63, 3.8) is 0 Å². The predicted octanol–water partition coefficient (Wildman–Crippen LogP) is 2.88. The number of hydrogen-bond donors (Lipinski definition) is 0. The van der Waals surface area contributed by atoms with Crippen LogP contribution in [0.4, 0.5) is 13.2 Å². The molecule has 80 valence electrons. The number of hydrogen-bond acceptors (Lipinski definition) is 3. The Bertz CT molecular complexity index is 345. The lowest BCUT2D eigenvalue weighted by molar-refractivity contribution is -0.152. The molecular formula is C9H7F3N2S. The first-order valence-corrected chi connectivity index (χ1v) is 5.01. The molecule has 1 atom stereocenters. The molecule has 2 nitrogen and oxygen atoms in total. The summed E-state index contributed by atoms with van der Waals surface area (Å²) in [5, 5.41) is 8.34. The molecule has 6 heteroatoms. The second-order valence-corrected chi connectivity index (χ2v) is 3.81. The number of nitriles is 1. The molecular weight excluding hydrogens is 225 g/mol. The van der Waals surface area contributed by atoms with Crippen LogP contribution in [0, 0.1) is 17.2 Å². The Morgan fingerprint density at radius 3 is 2.47 bits per heavy atom. The molecule has 0 saturated carbocycles. The molecule has 0 aliphatic carbocycles. The van der Waals surface area contributed by atoms with Gasteiger partial charge in [0.1, 0.15) is 0 Å². The van der Waals surface area contributed by atoms with Gasteiger partial charge in [-0.25, -0.2) is 0 Å². The molecule has 0 aromatic carbocycles. The van der Waals surface area contributed by atoms with Crippen LogP contribution in [0.2, 0.25) is 0 Å². The summed E-state index contributed by atoms with van der Waals surface area (Å²) in [6.07, 6.45) is -1.45. The monoisotopic (exact) mass is 232 g/mol. The van der Waals surface area contributed by atoms with E-state index < -0.39 is 12.1 Å². The van der Waals surface area contributed by atoms with Crippen molar-refractivity contribution in [3.8, 4) is 6.07 Å². The van der Waals surface area contributed by atoms with E-state index in [2.05, 4.69) is 4.98 Å². The van der Waals surface area contributed by atoms with Crippen LogP contribution in [-0.4, -0.2) is 16.9 Å². The Morgan fingerprint density at radius 1 is 1.40 bits per heavy atom. The van der Waals surface area contributed by atoms with Gasteiger partial charge in [-0.2, -0.15) is 18.4 Å². The molecule has 0 spiro atoms. The fourth-order valence-electron chi connectivity index (χ4n) is 0.819. The number of aromatic nitrogens is 1. The van der Waals surface area contributed by atoms with E-state index in [4.69, 9.17) is 5.26 Å². The van der Waals surface area contributed by atoms with E-state index in [-0.39, 0.29) is 5.75 Å². The van der Waals surface area contributed by atoms with Crippen molar-refractivity contribution in [2.45, 2.75) is 11.1 Å². The van der Waals surface area contributed by atoms with Crippen LogP contribution in [0.15, 0.2) is 29.4 Å². The molecule has 1 heterocycles. The largest absolute Gasteiger partial charge is 0.405 e. The zero-order valence-electron chi connectivity index (χ0n) is 7.53. The molecule has 1 rings (SSSR count). The molecule has 0 fully saturated rings. The number of pyridine rings is 1. The van der Waals surface area contributed by atoms with Crippen LogP contribution in [0.25, 0.3) is 0 Å². The first kappa shape index (κ1) is 11.9. The number of nitrogens with zero attached hydrogens (tertiary/aromatic N) is 2. The van der Waals surface area contributed by atoms with E-state index in [0.29, 0.717) is 4.90 Å². The normalized spacial score (nSPS) is 13.2. The van der Waals surface area contributed by atoms with E-state index in [1.807, 2.05) is 0 Å². The molecule has 0 bridgehead atoms.